The van der Waals surface area contributed by atoms with Gasteiger partial charge in [-0.25, -0.2) is 4.39 Å². The van der Waals surface area contributed by atoms with E-state index in [4.69, 9.17) is 0 Å². The molecule has 0 bridgehead atoms. The maximum absolute atomic E-state index is 13.3. The number of nitrogens with zero attached hydrogens (tertiary/aromatic N) is 2. The molecule has 2 aromatic rings. The number of aryl methyl sites for hydroxylation is 1. The molecule has 2 atom stereocenters. The van der Waals surface area contributed by atoms with E-state index in [0.29, 0.717) is 11.7 Å². The molecule has 0 aliphatic carbocycles. The lowest BCUT2D eigenvalue weighted by Gasteiger charge is -2.20. The van der Waals surface area contributed by atoms with Gasteiger partial charge in [-0.3, -0.25) is 9.79 Å². The van der Waals surface area contributed by atoms with Gasteiger partial charge in [-0.05, 0) is 69.4 Å². The summed E-state index contributed by atoms with van der Waals surface area (Å²) in [5.41, 5.74) is 4.21. The lowest BCUT2D eigenvalue weighted by molar-refractivity contribution is -0.115. The Bertz CT molecular complexity index is 878. The molecule has 0 fully saturated rings. The molecule has 1 amide bonds. The zero-order chi connectivity index (χ0) is 19.6. The van der Waals surface area contributed by atoms with Crippen LogP contribution in [0.4, 0.5) is 21.5 Å². The number of carbonyl (C=O) groups excluding carboxylic acids is 1. The fourth-order valence-electron chi connectivity index (χ4n) is 3.32. The summed E-state index contributed by atoms with van der Waals surface area (Å²) in [6.45, 7) is 5.12. The third-order valence-electron chi connectivity index (χ3n) is 4.51. The zero-order valence-corrected chi connectivity index (χ0v) is 16.1. The normalized spacial score (nSPS) is 17.3. The number of hydrogen-bond acceptors (Lipinski definition) is 4. The van der Waals surface area contributed by atoms with Gasteiger partial charge in [-0.1, -0.05) is 6.07 Å². The molecule has 6 heteroatoms. The highest BCUT2D eigenvalue weighted by molar-refractivity contribution is 6.12. The second-order valence-electron chi connectivity index (χ2n) is 7.28. The number of carbonyl (C=O) groups is 1. The second kappa shape index (κ2) is 7.88. The molecular weight excluding hydrogens is 343 g/mol. The quantitative estimate of drug-likeness (QED) is 0.760. The molecule has 2 N–H and O–H groups in total. The lowest BCUT2D eigenvalue weighted by Crippen LogP contribution is -2.29. The predicted molar refractivity (Wildman–Crippen MR) is 109 cm³/mol. The summed E-state index contributed by atoms with van der Waals surface area (Å²) in [7, 11) is 4.10. The van der Waals surface area contributed by atoms with Crippen molar-refractivity contribution in [2.45, 2.75) is 25.8 Å². The third-order valence-corrected chi connectivity index (χ3v) is 4.51. The molecule has 2 unspecified atom stereocenters. The number of likely N-dealkylation sites (N-methyl/N-ethyl adjacent to an activating group) is 1. The van der Waals surface area contributed by atoms with Crippen molar-refractivity contribution in [1.29, 1.82) is 0 Å². The molecule has 2 aromatic carbocycles. The van der Waals surface area contributed by atoms with Crippen LogP contribution < -0.4 is 10.6 Å². The lowest BCUT2D eigenvalue weighted by atomic mass is 10.0. The van der Waals surface area contributed by atoms with Gasteiger partial charge >= 0.3 is 0 Å². The summed E-state index contributed by atoms with van der Waals surface area (Å²) in [5.74, 6) is -1.06. The van der Waals surface area contributed by atoms with Gasteiger partial charge in [0.1, 0.15) is 11.7 Å². The van der Waals surface area contributed by atoms with Crippen LogP contribution in [0.5, 0.6) is 0 Å². The molecule has 27 heavy (non-hydrogen) atoms. The van der Waals surface area contributed by atoms with E-state index in [-0.39, 0.29) is 11.7 Å². The Balaban J connectivity index is 1.73. The van der Waals surface area contributed by atoms with Crippen LogP contribution in [0.2, 0.25) is 0 Å². The Hall–Kier alpha value is -2.73. The number of rotatable bonds is 6. The van der Waals surface area contributed by atoms with Gasteiger partial charge in [0.2, 0.25) is 5.91 Å². The molecule has 1 aliphatic rings. The number of halogens is 1. The van der Waals surface area contributed by atoms with Gasteiger partial charge in [-0.2, -0.15) is 0 Å². The first-order valence-corrected chi connectivity index (χ1v) is 9.00. The molecule has 0 aromatic heterocycles. The third kappa shape index (κ3) is 4.52. The van der Waals surface area contributed by atoms with Crippen LogP contribution in [-0.2, 0) is 4.79 Å². The summed E-state index contributed by atoms with van der Waals surface area (Å²) in [4.78, 5) is 18.8. The molecule has 1 heterocycles. The maximum atomic E-state index is 13.3. The van der Waals surface area contributed by atoms with Crippen molar-refractivity contribution >= 4 is 29.2 Å². The fraction of sp³-hybridized carbons (Fsp3) is 0.333. The molecule has 142 valence electrons. The van der Waals surface area contributed by atoms with E-state index in [1.165, 1.54) is 12.1 Å². The molecule has 0 radical (unpaired) electrons. The van der Waals surface area contributed by atoms with Crippen LogP contribution in [0.3, 0.4) is 0 Å². The highest BCUT2D eigenvalue weighted by atomic mass is 19.1. The number of nitrogens with one attached hydrogen (secondary N) is 2. The number of aliphatic imine (C=N–C) groups is 1. The first-order chi connectivity index (χ1) is 12.8. The predicted octanol–water partition coefficient (Wildman–Crippen LogP) is 3.93. The zero-order valence-electron chi connectivity index (χ0n) is 16.1. The van der Waals surface area contributed by atoms with E-state index in [9.17, 15) is 9.18 Å². The van der Waals surface area contributed by atoms with Gasteiger partial charge in [0, 0.05) is 30.2 Å². The highest BCUT2D eigenvalue weighted by Crippen LogP contribution is 2.32. The Morgan fingerprint density at radius 1 is 1.30 bits per heavy atom. The number of benzene rings is 2. The van der Waals surface area contributed by atoms with Crippen LogP contribution in [-0.4, -0.2) is 43.7 Å². The van der Waals surface area contributed by atoms with E-state index in [0.717, 1.165) is 29.0 Å². The maximum Gasteiger partial charge on any atom is 0.237 e. The molecule has 1 aliphatic heterocycles. The molecule has 5 nitrogen and oxygen atoms in total. The molecule has 0 spiro atoms. The van der Waals surface area contributed by atoms with Crippen molar-refractivity contribution in [3.8, 4) is 0 Å². The van der Waals surface area contributed by atoms with E-state index in [1.807, 2.05) is 25.1 Å². The van der Waals surface area contributed by atoms with Crippen molar-refractivity contribution in [2.24, 2.45) is 4.99 Å². The Morgan fingerprint density at radius 3 is 2.78 bits per heavy atom. The number of anilines is 2. The molecule has 0 saturated carbocycles. The summed E-state index contributed by atoms with van der Waals surface area (Å²) in [5, 5.41) is 6.20. The Labute approximate surface area is 159 Å². The minimum Gasteiger partial charge on any atom is -0.381 e. The van der Waals surface area contributed by atoms with Crippen molar-refractivity contribution < 1.29 is 9.18 Å². The highest BCUT2D eigenvalue weighted by Gasteiger charge is 2.29. The Kier molecular flexibility index (Phi) is 5.56. The molecule has 3 rings (SSSR count). The average Bonchev–Trinajstić information content (AvgIpc) is 2.88. The summed E-state index contributed by atoms with van der Waals surface area (Å²) in [6, 6.07) is 10.6. The van der Waals surface area contributed by atoms with Gasteiger partial charge in [0.05, 0.1) is 5.69 Å². The van der Waals surface area contributed by atoms with E-state index < -0.39 is 5.92 Å². The summed E-state index contributed by atoms with van der Waals surface area (Å²) in [6.07, 6.45) is 1.62. The van der Waals surface area contributed by atoms with Gasteiger partial charge < -0.3 is 15.5 Å². The van der Waals surface area contributed by atoms with E-state index in [1.54, 1.807) is 12.3 Å². The van der Waals surface area contributed by atoms with Gasteiger partial charge in [0.15, 0.2) is 0 Å². The van der Waals surface area contributed by atoms with Crippen molar-refractivity contribution in [2.75, 3.05) is 31.3 Å². The summed E-state index contributed by atoms with van der Waals surface area (Å²) >= 11 is 0. The van der Waals surface area contributed by atoms with Crippen LogP contribution in [0.1, 0.15) is 24.0 Å². The van der Waals surface area contributed by atoms with Gasteiger partial charge in [0.25, 0.3) is 0 Å². The van der Waals surface area contributed by atoms with Crippen molar-refractivity contribution in [1.82, 2.24) is 4.90 Å². The first kappa shape index (κ1) is 19.0. The largest absolute Gasteiger partial charge is 0.381 e. The Morgan fingerprint density at radius 2 is 2.07 bits per heavy atom. The monoisotopic (exact) mass is 368 g/mol. The van der Waals surface area contributed by atoms with Gasteiger partial charge in [-0.15, -0.1) is 0 Å². The standard InChI is InChI=1S/C21H25FN4O/c1-13-9-16(6-8-19(13)24-14(2)12-26(3)4)23-11-18-17-7-5-15(22)10-20(17)25-21(18)27/h5-11,14,18,24H,12H2,1-4H3,(H,25,27). The minimum atomic E-state index is -0.501. The SMILES string of the molecule is Cc1cc(N=CC2C(=O)Nc3cc(F)ccc32)ccc1NC(C)CN(C)C. The number of hydrogen-bond donors (Lipinski definition) is 2. The van der Waals surface area contributed by atoms with Crippen molar-refractivity contribution in [3.63, 3.8) is 0 Å². The number of amides is 1. The average molecular weight is 368 g/mol. The molecular formula is C21H25FN4O. The number of fused-ring (bicyclic) bond motifs is 1. The topological polar surface area (TPSA) is 56.7 Å². The van der Waals surface area contributed by atoms with Crippen LogP contribution in [0.15, 0.2) is 41.4 Å². The summed E-state index contributed by atoms with van der Waals surface area (Å²) < 4.78 is 13.3. The van der Waals surface area contributed by atoms with Crippen molar-refractivity contribution in [3.05, 3.63) is 53.3 Å². The first-order valence-electron chi connectivity index (χ1n) is 9.00. The smallest absolute Gasteiger partial charge is 0.237 e. The minimum absolute atomic E-state index is 0.188. The fourth-order valence-corrected chi connectivity index (χ4v) is 3.32. The van der Waals surface area contributed by atoms with E-state index in [2.05, 4.69) is 41.5 Å². The van der Waals surface area contributed by atoms with Crippen LogP contribution in [0.25, 0.3) is 0 Å². The van der Waals surface area contributed by atoms with E-state index >= 15 is 0 Å². The molecule has 0 saturated heterocycles. The second-order valence-corrected chi connectivity index (χ2v) is 7.28. The van der Waals surface area contributed by atoms with Crippen LogP contribution >= 0.6 is 0 Å². The van der Waals surface area contributed by atoms with Crippen LogP contribution in [0, 0.1) is 12.7 Å².